The predicted octanol–water partition coefficient (Wildman–Crippen LogP) is 9.34. The lowest BCUT2D eigenvalue weighted by atomic mass is 9.85. The number of benzene rings is 2. The van der Waals surface area contributed by atoms with Crippen molar-refractivity contribution in [3.05, 3.63) is 111 Å². The smallest absolute Gasteiger partial charge is 0.391 e. The van der Waals surface area contributed by atoms with Crippen molar-refractivity contribution in [3.8, 4) is 21.6 Å². The van der Waals surface area contributed by atoms with Crippen molar-refractivity contribution >= 4 is 58.1 Å². The fraction of sp³-hybridized carbons (Fsp3) is 0.524. The molecular weight excluding hydrogens is 1130 g/mol. The number of piperazine rings is 2. The fourth-order valence-corrected chi connectivity index (χ4v) is 12.4. The molecule has 3 aliphatic rings. The van der Waals surface area contributed by atoms with Crippen LogP contribution < -0.4 is 31.3 Å². The minimum Gasteiger partial charge on any atom is -0.391 e. The zero-order valence-electron chi connectivity index (χ0n) is 50.4. The lowest BCUT2D eigenvalue weighted by Crippen LogP contribution is -2.57. The third-order valence-electron chi connectivity index (χ3n) is 16.9. The van der Waals surface area contributed by atoms with E-state index in [4.69, 9.17) is 0 Å². The summed E-state index contributed by atoms with van der Waals surface area (Å²) in [7, 11) is 1.98. The molecule has 86 heavy (non-hydrogen) atoms. The number of likely N-dealkylation sites (tertiary alicyclic amines) is 1. The van der Waals surface area contributed by atoms with Crippen LogP contribution in [0.3, 0.4) is 0 Å². The molecule has 0 aliphatic carbocycles. The zero-order valence-corrected chi connectivity index (χ0v) is 51.2. The van der Waals surface area contributed by atoms with Crippen molar-refractivity contribution < 1.29 is 46.6 Å². The van der Waals surface area contributed by atoms with Crippen LogP contribution in [0.25, 0.3) is 21.6 Å². The number of amides is 5. The topological polar surface area (TPSA) is 217 Å². The summed E-state index contributed by atoms with van der Waals surface area (Å²) in [6.45, 7) is 16.4. The second-order valence-electron chi connectivity index (χ2n) is 24.3. The molecule has 2 aromatic carbocycles. The van der Waals surface area contributed by atoms with Gasteiger partial charge in [0.05, 0.1) is 50.7 Å². The number of hydrogen-bond donors (Lipinski definition) is 5. The van der Waals surface area contributed by atoms with Gasteiger partial charge in [-0.05, 0) is 88.4 Å². The third kappa shape index (κ3) is 16.0. The van der Waals surface area contributed by atoms with E-state index < -0.39 is 64.1 Å². The molecule has 0 spiro atoms. The van der Waals surface area contributed by atoms with E-state index in [1.165, 1.54) is 23.2 Å². The molecule has 0 unspecified atom stereocenters. The summed E-state index contributed by atoms with van der Waals surface area (Å²) in [5.41, 5.74) is 1.65. The van der Waals surface area contributed by atoms with E-state index in [2.05, 4.69) is 35.8 Å². The van der Waals surface area contributed by atoms with Crippen molar-refractivity contribution in [3.63, 3.8) is 0 Å². The quantitative estimate of drug-likeness (QED) is 0.0343. The Hall–Kier alpha value is -7.24. The molecule has 8 rings (SSSR count). The lowest BCUT2D eigenvalue weighted by molar-refractivity contribution is -0.144. The number of rotatable bonds is 21. The number of pyridine rings is 2. The first-order valence-corrected chi connectivity index (χ1v) is 30.6. The maximum absolute atomic E-state index is 16.2. The average Bonchev–Trinajstić information content (AvgIpc) is 1.99. The lowest BCUT2D eigenvalue weighted by Gasteiger charge is -2.44. The van der Waals surface area contributed by atoms with Crippen molar-refractivity contribution in [2.75, 3.05) is 68.0 Å². The number of aliphatic hydroxyl groups excluding tert-OH is 1. The summed E-state index contributed by atoms with van der Waals surface area (Å²) >= 11 is 1.57. The summed E-state index contributed by atoms with van der Waals surface area (Å²) < 4.78 is 58.3. The number of aryl methyl sites for hydroxylation is 1. The average molecular weight is 1210 g/mol. The number of unbranched alkanes of at least 4 members (excludes halogenated alkanes) is 6. The number of aromatic nitrogens is 3. The van der Waals surface area contributed by atoms with Gasteiger partial charge in [0.25, 0.3) is 5.91 Å². The van der Waals surface area contributed by atoms with E-state index in [0.29, 0.717) is 75.2 Å². The molecule has 6 atom stereocenters. The molecule has 23 heteroatoms. The number of thiazole rings is 1. The van der Waals surface area contributed by atoms with Crippen LogP contribution in [0.15, 0.2) is 77.3 Å². The summed E-state index contributed by atoms with van der Waals surface area (Å²) in [5.74, 6) is -2.06. The first kappa shape index (κ1) is 64.8. The van der Waals surface area contributed by atoms with Crippen molar-refractivity contribution in [1.82, 2.24) is 40.3 Å². The van der Waals surface area contributed by atoms with E-state index in [1.807, 2.05) is 100.0 Å². The number of H-pyrrole nitrogens is 1. The number of aromatic amines is 1. The van der Waals surface area contributed by atoms with Crippen molar-refractivity contribution in [2.45, 2.75) is 155 Å². The number of anilines is 3. The number of aliphatic hydroxyl groups is 1. The predicted molar refractivity (Wildman–Crippen MR) is 325 cm³/mol. The molecular formula is C63H81F4N11O7S. The molecule has 5 N–H and O–H groups in total. The standard InChI is InChI=1S/C63H81F4N11O7S/c1-38-34-77(35-39(2)74(38)8)51-31-49(64)46(29-50(51)72-59(83)47-33-69-55(81)30-48(47)63(65,66)67)44-22-23-53(68-32-44)75-24-26-76(27-25-75)56(82)17-15-13-11-9-10-12-14-16-54(80)73-58(62(5,6)7)61(85)78-36-45(79)28-52(78)60(84)71-40(3)42-18-20-43(21-19-42)57-41(4)70-37-86-57/h18-23,29-33,37-40,45,52,58,79H,9-17,24-28,34-36H2,1-8H3,(H,69,81)(H,71,84)(H,72,83)(H,73,80)/t38-,39+,40-,45+,52-,58+/m0/s1. The summed E-state index contributed by atoms with van der Waals surface area (Å²) in [4.78, 5) is 101. The first-order chi connectivity index (χ1) is 40.8. The number of hydrogen-bond acceptors (Lipinski definition) is 13. The van der Waals surface area contributed by atoms with Crippen molar-refractivity contribution in [1.29, 1.82) is 0 Å². The molecule has 5 amide bonds. The molecule has 0 radical (unpaired) electrons. The Kier molecular flexibility index (Phi) is 21.1. The van der Waals surface area contributed by atoms with Crippen LogP contribution in [0.2, 0.25) is 0 Å². The molecule has 3 saturated heterocycles. The Labute approximate surface area is 504 Å². The molecule has 5 aromatic rings. The van der Waals surface area contributed by atoms with Gasteiger partial charge < -0.3 is 45.6 Å². The SMILES string of the molecule is Cc1ncsc1-c1ccc([C@H](C)NC(=O)[C@@H]2C[C@@H](O)CN2C(=O)[C@@H](NC(=O)CCCCCCCCCC(=O)N2CCN(c3ccc(-c4cc(NC(=O)c5c[nH]c(=O)cc5C(F)(F)F)c(N5C[C@@H](C)N(C)[C@@H](C)C5)cc4F)cn3)CC2)C(C)(C)C)cc1. The van der Waals surface area contributed by atoms with Gasteiger partial charge in [0.2, 0.25) is 29.2 Å². The molecule has 3 aliphatic heterocycles. The highest BCUT2D eigenvalue weighted by Crippen LogP contribution is 2.38. The Morgan fingerprint density at radius 3 is 2.06 bits per heavy atom. The van der Waals surface area contributed by atoms with E-state index in [1.54, 1.807) is 23.5 Å². The molecule has 0 saturated carbocycles. The van der Waals surface area contributed by atoms with Crippen LogP contribution in [0.1, 0.15) is 139 Å². The van der Waals surface area contributed by atoms with Crippen LogP contribution in [-0.4, -0.2) is 147 Å². The maximum Gasteiger partial charge on any atom is 0.417 e. The molecule has 3 fully saturated rings. The van der Waals surface area contributed by atoms with Gasteiger partial charge in [-0.1, -0.05) is 77.1 Å². The van der Waals surface area contributed by atoms with Gasteiger partial charge in [0.1, 0.15) is 23.7 Å². The summed E-state index contributed by atoms with van der Waals surface area (Å²) in [6.07, 6.45) is 3.05. The van der Waals surface area contributed by atoms with Crippen LogP contribution >= 0.6 is 11.3 Å². The molecule has 18 nitrogen and oxygen atoms in total. The van der Waals surface area contributed by atoms with Crippen LogP contribution in [0.4, 0.5) is 34.8 Å². The number of carbonyl (C=O) groups is 5. The summed E-state index contributed by atoms with van der Waals surface area (Å²) in [5, 5.41) is 19.3. The highest BCUT2D eigenvalue weighted by Gasteiger charge is 2.45. The van der Waals surface area contributed by atoms with Crippen molar-refractivity contribution in [2.24, 2.45) is 5.41 Å². The molecule has 6 heterocycles. The monoisotopic (exact) mass is 1210 g/mol. The van der Waals surface area contributed by atoms with Gasteiger partial charge in [-0.2, -0.15) is 13.2 Å². The minimum atomic E-state index is -4.99. The van der Waals surface area contributed by atoms with Gasteiger partial charge in [-0.25, -0.2) is 14.4 Å². The summed E-state index contributed by atoms with van der Waals surface area (Å²) in [6, 6.07) is 12.3. The first-order valence-electron chi connectivity index (χ1n) is 29.8. The second-order valence-corrected chi connectivity index (χ2v) is 25.2. The number of likely N-dealkylation sites (N-methyl/N-ethyl adjacent to an activating group) is 1. The number of β-amino-alcohol motifs (C(OH)–C–C–N with tert-alkyl or cyclic N) is 1. The van der Waals surface area contributed by atoms with Gasteiger partial charge in [-0.3, -0.25) is 33.7 Å². The Bertz CT molecular complexity index is 3240. The van der Waals surface area contributed by atoms with E-state index in [-0.39, 0.29) is 66.5 Å². The number of nitrogens with one attached hydrogen (secondary N) is 4. The normalized spacial score (nSPS) is 19.3. The Balaban J connectivity index is 0.749. The highest BCUT2D eigenvalue weighted by atomic mass is 32.1. The second kappa shape index (κ2) is 28.1. The number of halogens is 4. The maximum atomic E-state index is 16.2. The number of nitrogens with zero attached hydrogens (tertiary/aromatic N) is 7. The zero-order chi connectivity index (χ0) is 62.2. The van der Waals surface area contributed by atoms with E-state index in [0.717, 1.165) is 66.4 Å². The Morgan fingerprint density at radius 1 is 0.814 bits per heavy atom. The van der Waals surface area contributed by atoms with Gasteiger partial charge in [0.15, 0.2) is 0 Å². The van der Waals surface area contributed by atoms with Crippen LogP contribution in [0, 0.1) is 18.2 Å². The number of carbonyl (C=O) groups excluding carboxylic acids is 5. The fourth-order valence-electron chi connectivity index (χ4n) is 11.6. The van der Waals surface area contributed by atoms with E-state index >= 15 is 4.39 Å². The number of alkyl halides is 3. The minimum absolute atomic E-state index is 0.00920. The van der Waals surface area contributed by atoms with Gasteiger partial charge in [-0.15, -0.1) is 11.3 Å². The van der Waals surface area contributed by atoms with Gasteiger partial charge >= 0.3 is 6.18 Å². The Morgan fingerprint density at radius 2 is 1.45 bits per heavy atom. The van der Waals surface area contributed by atoms with Crippen LogP contribution in [-0.2, 0) is 25.4 Å². The highest BCUT2D eigenvalue weighted by molar-refractivity contribution is 7.13. The van der Waals surface area contributed by atoms with Crippen LogP contribution in [0.5, 0.6) is 0 Å². The van der Waals surface area contributed by atoms with E-state index in [9.17, 15) is 47.0 Å². The molecule has 3 aromatic heterocycles. The molecule has 464 valence electrons. The largest absolute Gasteiger partial charge is 0.417 e. The van der Waals surface area contributed by atoms with Gasteiger partial charge in [0, 0.05) is 107 Å². The molecule has 0 bridgehead atoms. The third-order valence-corrected chi connectivity index (χ3v) is 17.9.